The van der Waals surface area contributed by atoms with Crippen molar-refractivity contribution in [2.75, 3.05) is 6.16 Å². The van der Waals surface area contributed by atoms with Gasteiger partial charge in [0.25, 0.3) is 0 Å². The fraction of sp³-hybridized carbons (Fsp3) is 0.273. The molecule has 36 heavy (non-hydrogen) atoms. The van der Waals surface area contributed by atoms with E-state index in [0.29, 0.717) is 12.6 Å². The molecule has 3 aromatic carbocycles. The van der Waals surface area contributed by atoms with E-state index in [1.807, 2.05) is 18.2 Å². The Hall–Kier alpha value is -2.62. The van der Waals surface area contributed by atoms with Gasteiger partial charge < -0.3 is 0 Å². The van der Waals surface area contributed by atoms with Crippen LogP contribution in [0.25, 0.3) is 0 Å². The van der Waals surface area contributed by atoms with Crippen LogP contribution in [0.5, 0.6) is 0 Å². The first-order valence-corrected chi connectivity index (χ1v) is 15.9. The third-order valence-electron chi connectivity index (χ3n) is 7.40. The predicted molar refractivity (Wildman–Crippen MR) is 159 cm³/mol. The number of hydrogen-bond acceptors (Lipinski definition) is 1. The van der Waals surface area contributed by atoms with E-state index >= 15 is 0 Å². The quantitative estimate of drug-likeness (QED) is 0.284. The Morgan fingerprint density at radius 3 is 1.78 bits per heavy atom. The standard InChI is InChI=1S/C33H36ClOP/c1-26(20-21-32-27(2)24-28(35)25-33(32,3)4)22-23-36(34,29-14-8-5-9-15-29,30-16-10-6-11-17-30)31-18-12-7-13-19-31/h5-19,22,28,35H,23-25H2,1-4H3/b26-22-/t28-/m1/s1. The molecule has 0 fully saturated rings. The van der Waals surface area contributed by atoms with Gasteiger partial charge >= 0.3 is 222 Å². The Kier molecular flexibility index (Phi) is 7.64. The molecular weight excluding hydrogens is 479 g/mol. The van der Waals surface area contributed by atoms with Crippen LogP contribution in [0.1, 0.15) is 40.5 Å². The molecule has 3 aromatic rings. The Bertz CT molecular complexity index is 1230. The van der Waals surface area contributed by atoms with Gasteiger partial charge in [0.15, 0.2) is 0 Å². The Labute approximate surface area is 221 Å². The molecule has 0 saturated heterocycles. The van der Waals surface area contributed by atoms with Gasteiger partial charge in [-0.2, -0.15) is 0 Å². The third-order valence-corrected chi connectivity index (χ3v) is 14.6. The summed E-state index contributed by atoms with van der Waals surface area (Å²) in [7, 11) is 0. The zero-order valence-electron chi connectivity index (χ0n) is 21.7. The van der Waals surface area contributed by atoms with E-state index in [2.05, 4.69) is 118 Å². The molecule has 0 unspecified atom stereocenters. The van der Waals surface area contributed by atoms with Gasteiger partial charge in [-0.05, 0) is 0 Å². The average molecular weight is 515 g/mol. The second-order valence-electron chi connectivity index (χ2n) is 10.6. The molecule has 1 N–H and O–H groups in total. The first kappa shape index (κ1) is 26.4. The van der Waals surface area contributed by atoms with Crippen molar-refractivity contribution in [1.29, 1.82) is 0 Å². The van der Waals surface area contributed by atoms with Gasteiger partial charge in [-0.3, -0.25) is 0 Å². The van der Waals surface area contributed by atoms with Crippen LogP contribution in [0, 0.1) is 17.3 Å². The van der Waals surface area contributed by atoms with E-state index in [1.54, 1.807) is 0 Å². The molecular formula is C33H36ClOP. The van der Waals surface area contributed by atoms with Crippen molar-refractivity contribution in [3.05, 3.63) is 114 Å². The zero-order chi connectivity index (χ0) is 25.8. The van der Waals surface area contributed by atoms with Crippen molar-refractivity contribution in [1.82, 2.24) is 0 Å². The molecule has 1 atom stereocenters. The molecule has 3 heteroatoms. The summed E-state index contributed by atoms with van der Waals surface area (Å²) in [5, 5.41) is 13.7. The summed E-state index contributed by atoms with van der Waals surface area (Å²) < 4.78 is 0. The fourth-order valence-corrected chi connectivity index (χ4v) is 11.3. The second-order valence-corrected chi connectivity index (χ2v) is 17.1. The number of halogens is 1. The number of aliphatic hydroxyl groups excluding tert-OH is 1. The SMILES string of the molecule is CC1=C(C#C/C(C)=C\CP(Cl)(c2ccccc2)(c2ccccc2)c2ccccc2)C(C)(C)C[C@H](O)C1. The molecule has 0 bridgehead atoms. The minimum absolute atomic E-state index is 0.126. The zero-order valence-corrected chi connectivity index (χ0v) is 23.4. The van der Waals surface area contributed by atoms with Crippen molar-refractivity contribution in [2.45, 2.75) is 46.6 Å². The third kappa shape index (κ3) is 4.96. The molecule has 1 aliphatic rings. The molecule has 0 aromatic heterocycles. The van der Waals surface area contributed by atoms with Crippen LogP contribution in [0.2, 0.25) is 0 Å². The van der Waals surface area contributed by atoms with Crippen LogP contribution in [0.3, 0.4) is 0 Å². The van der Waals surface area contributed by atoms with E-state index in [-0.39, 0.29) is 11.5 Å². The molecule has 0 saturated carbocycles. The van der Waals surface area contributed by atoms with Gasteiger partial charge in [0.05, 0.1) is 0 Å². The number of benzene rings is 3. The monoisotopic (exact) mass is 514 g/mol. The van der Waals surface area contributed by atoms with Gasteiger partial charge in [0.2, 0.25) is 0 Å². The molecule has 4 rings (SSSR count). The van der Waals surface area contributed by atoms with Crippen LogP contribution >= 0.6 is 17.2 Å². The summed E-state index contributed by atoms with van der Waals surface area (Å²) in [5.74, 6) is 3.56. The van der Waals surface area contributed by atoms with Gasteiger partial charge in [-0.15, -0.1) is 0 Å². The predicted octanol–water partition coefficient (Wildman–Crippen LogP) is 7.12. The van der Waals surface area contributed by atoms with Crippen LogP contribution < -0.4 is 15.9 Å². The van der Waals surface area contributed by atoms with E-state index < -0.39 is 5.96 Å². The summed E-state index contributed by atoms with van der Waals surface area (Å²) in [4.78, 5) is 0. The minimum atomic E-state index is -3.34. The number of hydrogen-bond donors (Lipinski definition) is 1. The second kappa shape index (κ2) is 10.4. The molecule has 1 nitrogen and oxygen atoms in total. The van der Waals surface area contributed by atoms with Crippen molar-refractivity contribution in [3.8, 4) is 11.8 Å². The number of allylic oxidation sites excluding steroid dienone is 3. The molecule has 0 aliphatic heterocycles. The van der Waals surface area contributed by atoms with E-state index in [4.69, 9.17) is 11.2 Å². The summed E-state index contributed by atoms with van der Waals surface area (Å²) in [6.45, 7) is 8.52. The van der Waals surface area contributed by atoms with Crippen molar-refractivity contribution in [3.63, 3.8) is 0 Å². The van der Waals surface area contributed by atoms with Gasteiger partial charge in [-0.1, -0.05) is 0 Å². The molecule has 0 heterocycles. The maximum absolute atomic E-state index is 10.2. The van der Waals surface area contributed by atoms with Gasteiger partial charge in [0.1, 0.15) is 0 Å². The Morgan fingerprint density at radius 1 is 0.917 bits per heavy atom. The maximum atomic E-state index is 10.2. The number of rotatable bonds is 5. The van der Waals surface area contributed by atoms with E-state index in [1.165, 1.54) is 5.57 Å². The van der Waals surface area contributed by atoms with Crippen LogP contribution in [0.4, 0.5) is 0 Å². The molecule has 0 amide bonds. The van der Waals surface area contributed by atoms with E-state index in [9.17, 15) is 5.11 Å². The molecule has 186 valence electrons. The normalized spacial score (nSPS) is 19.1. The summed E-state index contributed by atoms with van der Waals surface area (Å²) >= 11 is 8.15. The van der Waals surface area contributed by atoms with Crippen molar-refractivity contribution in [2.24, 2.45) is 5.41 Å². The summed E-state index contributed by atoms with van der Waals surface area (Å²) in [5.41, 5.74) is 3.22. The number of aliphatic hydroxyl groups is 1. The molecule has 0 spiro atoms. The van der Waals surface area contributed by atoms with Crippen molar-refractivity contribution < 1.29 is 5.11 Å². The summed E-state index contributed by atoms with van der Waals surface area (Å²) in [6, 6.07) is 31.6. The van der Waals surface area contributed by atoms with Gasteiger partial charge in [-0.25, -0.2) is 0 Å². The van der Waals surface area contributed by atoms with Crippen LogP contribution in [-0.4, -0.2) is 17.4 Å². The van der Waals surface area contributed by atoms with Crippen LogP contribution in [0.15, 0.2) is 114 Å². The molecule has 0 radical (unpaired) electrons. The first-order chi connectivity index (χ1) is 17.1. The Morgan fingerprint density at radius 2 is 1.36 bits per heavy atom. The van der Waals surface area contributed by atoms with E-state index in [0.717, 1.165) is 33.5 Å². The van der Waals surface area contributed by atoms with Crippen molar-refractivity contribution >= 4 is 33.1 Å². The first-order valence-electron chi connectivity index (χ1n) is 12.6. The fourth-order valence-electron chi connectivity index (χ4n) is 5.57. The van der Waals surface area contributed by atoms with Crippen LogP contribution in [-0.2, 0) is 0 Å². The molecule has 1 aliphatic carbocycles. The van der Waals surface area contributed by atoms with Gasteiger partial charge in [0, 0.05) is 0 Å². The topological polar surface area (TPSA) is 20.2 Å². The average Bonchev–Trinajstić information content (AvgIpc) is 2.88. The Balaban J connectivity index is 1.85. The summed E-state index contributed by atoms with van der Waals surface area (Å²) in [6.07, 6.45) is 4.06.